The quantitative estimate of drug-likeness (QED) is 0.187. The summed E-state index contributed by atoms with van der Waals surface area (Å²) >= 11 is 0. The number of rotatable bonds is 5. The fourth-order valence-electron chi connectivity index (χ4n) is 6.20. The van der Waals surface area contributed by atoms with Crippen molar-refractivity contribution in [2.75, 3.05) is 0 Å². The van der Waals surface area contributed by atoms with Crippen LogP contribution in [0.3, 0.4) is 0 Å². The molecule has 0 atom stereocenters. The molecular formula is C41H24F3N5. The predicted molar refractivity (Wildman–Crippen MR) is 186 cm³/mol. The van der Waals surface area contributed by atoms with Gasteiger partial charge in [0.2, 0.25) is 0 Å². The Kier molecular flexibility index (Phi) is 7.23. The number of fused-ring (bicyclic) bond motifs is 3. The van der Waals surface area contributed by atoms with Gasteiger partial charge in [-0.25, -0.2) is 15.0 Å². The molecular weight excluding hydrogens is 619 g/mol. The average molecular weight is 644 g/mol. The smallest absolute Gasteiger partial charge is 0.309 e. The lowest BCUT2D eigenvalue weighted by Crippen LogP contribution is -2.04. The van der Waals surface area contributed by atoms with E-state index in [9.17, 15) is 18.4 Å². The van der Waals surface area contributed by atoms with E-state index in [1.54, 1.807) is 6.07 Å². The van der Waals surface area contributed by atoms with Crippen LogP contribution in [0.5, 0.6) is 0 Å². The van der Waals surface area contributed by atoms with E-state index < -0.39 is 11.7 Å². The lowest BCUT2D eigenvalue weighted by Gasteiger charge is -2.16. The van der Waals surface area contributed by atoms with Crippen LogP contribution < -0.4 is 0 Å². The zero-order chi connectivity index (χ0) is 33.5. The molecule has 6 aromatic carbocycles. The lowest BCUT2D eigenvalue weighted by atomic mass is 9.97. The molecule has 0 aliphatic rings. The molecule has 49 heavy (non-hydrogen) atoms. The van der Waals surface area contributed by atoms with Gasteiger partial charge in [0.05, 0.1) is 28.2 Å². The van der Waals surface area contributed by atoms with E-state index in [4.69, 9.17) is 15.0 Å². The van der Waals surface area contributed by atoms with Gasteiger partial charge in [-0.15, -0.1) is 0 Å². The molecule has 0 saturated carbocycles. The number of benzene rings is 6. The second-order valence-electron chi connectivity index (χ2n) is 11.5. The van der Waals surface area contributed by atoms with Crippen molar-refractivity contribution in [3.8, 4) is 57.0 Å². The first-order valence-corrected chi connectivity index (χ1v) is 15.5. The van der Waals surface area contributed by atoms with Gasteiger partial charge >= 0.3 is 6.18 Å². The van der Waals surface area contributed by atoms with Gasteiger partial charge in [0.25, 0.3) is 0 Å². The number of aromatic nitrogens is 4. The maximum atomic E-state index is 13.5. The molecule has 234 valence electrons. The number of nitriles is 1. The fraction of sp³-hybridized carbons (Fsp3) is 0.0244. The molecule has 0 unspecified atom stereocenters. The van der Waals surface area contributed by atoms with Gasteiger partial charge in [-0.05, 0) is 59.7 Å². The molecule has 2 aromatic heterocycles. The molecule has 0 spiro atoms. The third kappa shape index (κ3) is 5.47. The van der Waals surface area contributed by atoms with Gasteiger partial charge in [0.1, 0.15) is 0 Å². The van der Waals surface area contributed by atoms with Crippen LogP contribution in [-0.4, -0.2) is 19.5 Å². The Morgan fingerprint density at radius 1 is 0.510 bits per heavy atom. The zero-order valence-corrected chi connectivity index (χ0v) is 25.7. The first-order valence-electron chi connectivity index (χ1n) is 15.5. The van der Waals surface area contributed by atoms with Gasteiger partial charge in [-0.2, -0.15) is 18.4 Å². The standard InChI is InChI=1S/C41H24F3N5/c42-41(43,44)30-18-16-27(17-19-30)32-21-20-31(49-36-14-8-7-13-33(36)34-23-26(25-45)15-22-37(34)49)24-35(32)40-47-38(28-9-3-1-4-10-28)46-39(48-40)29-11-5-2-6-12-29/h1-24H. The van der Waals surface area contributed by atoms with Crippen LogP contribution >= 0.6 is 0 Å². The zero-order valence-electron chi connectivity index (χ0n) is 25.7. The summed E-state index contributed by atoms with van der Waals surface area (Å²) in [5.74, 6) is 1.31. The molecule has 0 bridgehead atoms. The van der Waals surface area contributed by atoms with Crippen LogP contribution in [-0.2, 0) is 6.18 Å². The summed E-state index contributed by atoms with van der Waals surface area (Å²) in [4.78, 5) is 14.8. The topological polar surface area (TPSA) is 67.4 Å². The number of alkyl halides is 3. The second-order valence-corrected chi connectivity index (χ2v) is 11.5. The predicted octanol–water partition coefficient (Wildman–Crippen LogP) is 10.5. The van der Waals surface area contributed by atoms with E-state index in [1.807, 2.05) is 115 Å². The number of para-hydroxylation sites is 1. The van der Waals surface area contributed by atoms with Crippen molar-refractivity contribution >= 4 is 21.8 Å². The van der Waals surface area contributed by atoms with Crippen LogP contribution in [0, 0.1) is 11.3 Å². The number of nitrogens with zero attached hydrogens (tertiary/aromatic N) is 5. The molecule has 0 N–H and O–H groups in total. The van der Waals surface area contributed by atoms with E-state index >= 15 is 0 Å². The fourth-order valence-corrected chi connectivity index (χ4v) is 6.20. The monoisotopic (exact) mass is 643 g/mol. The molecule has 8 rings (SSSR count). The van der Waals surface area contributed by atoms with Crippen LogP contribution in [0.15, 0.2) is 146 Å². The number of hydrogen-bond donors (Lipinski definition) is 0. The highest BCUT2D eigenvalue weighted by Gasteiger charge is 2.30. The van der Waals surface area contributed by atoms with Crippen LogP contribution in [0.25, 0.3) is 72.8 Å². The lowest BCUT2D eigenvalue weighted by molar-refractivity contribution is -0.137. The second kappa shape index (κ2) is 11.9. The molecule has 8 aromatic rings. The summed E-state index contributed by atoms with van der Waals surface area (Å²) in [6, 6.07) is 45.9. The summed E-state index contributed by atoms with van der Waals surface area (Å²) in [5, 5.41) is 11.5. The van der Waals surface area contributed by atoms with Crippen molar-refractivity contribution in [2.24, 2.45) is 0 Å². The highest BCUT2D eigenvalue weighted by atomic mass is 19.4. The minimum Gasteiger partial charge on any atom is -0.309 e. The van der Waals surface area contributed by atoms with Crippen molar-refractivity contribution in [3.63, 3.8) is 0 Å². The highest BCUT2D eigenvalue weighted by molar-refractivity contribution is 6.09. The first-order chi connectivity index (χ1) is 23.9. The molecule has 0 amide bonds. The first kappa shape index (κ1) is 29.8. The molecule has 0 aliphatic carbocycles. The highest BCUT2D eigenvalue weighted by Crippen LogP contribution is 2.39. The maximum Gasteiger partial charge on any atom is 0.416 e. The Morgan fingerprint density at radius 2 is 1.10 bits per heavy atom. The van der Waals surface area contributed by atoms with E-state index in [-0.39, 0.29) is 0 Å². The van der Waals surface area contributed by atoms with Crippen molar-refractivity contribution in [3.05, 3.63) is 157 Å². The van der Waals surface area contributed by atoms with E-state index in [1.165, 1.54) is 12.1 Å². The molecule has 0 fully saturated rings. The van der Waals surface area contributed by atoms with Crippen LogP contribution in [0.1, 0.15) is 11.1 Å². The molecule has 8 heteroatoms. The molecule has 0 saturated heterocycles. The normalized spacial score (nSPS) is 11.6. The van der Waals surface area contributed by atoms with Gasteiger partial charge < -0.3 is 4.57 Å². The van der Waals surface area contributed by atoms with Gasteiger partial charge in [0, 0.05) is 33.2 Å². The van der Waals surface area contributed by atoms with Gasteiger partial charge in [0.15, 0.2) is 17.5 Å². The van der Waals surface area contributed by atoms with Crippen LogP contribution in [0.2, 0.25) is 0 Å². The third-order valence-corrected chi connectivity index (χ3v) is 8.53. The Balaban J connectivity index is 1.41. The Hall–Kier alpha value is -6.59. The van der Waals surface area contributed by atoms with E-state index in [0.29, 0.717) is 39.7 Å². The van der Waals surface area contributed by atoms with Gasteiger partial charge in [-0.1, -0.05) is 97.1 Å². The SMILES string of the molecule is N#Cc1ccc2c(c1)c1ccccc1n2-c1ccc(-c2ccc(C(F)(F)F)cc2)c(-c2nc(-c3ccccc3)nc(-c3ccccc3)n2)c1. The molecule has 0 aliphatic heterocycles. The summed E-state index contributed by atoms with van der Waals surface area (Å²) < 4.78 is 42.7. The van der Waals surface area contributed by atoms with Crippen LogP contribution in [0.4, 0.5) is 13.2 Å². The molecule has 0 radical (unpaired) electrons. The van der Waals surface area contributed by atoms with E-state index in [2.05, 4.69) is 10.6 Å². The summed E-state index contributed by atoms with van der Waals surface area (Å²) in [5.41, 5.74) is 5.92. The summed E-state index contributed by atoms with van der Waals surface area (Å²) in [7, 11) is 0. The Bertz CT molecular complexity index is 2480. The van der Waals surface area contributed by atoms with Crippen molar-refractivity contribution in [2.45, 2.75) is 6.18 Å². The Morgan fingerprint density at radius 3 is 1.73 bits per heavy atom. The minimum absolute atomic E-state index is 0.372. The van der Waals surface area contributed by atoms with Crippen molar-refractivity contribution in [1.29, 1.82) is 5.26 Å². The minimum atomic E-state index is -4.46. The molecule has 5 nitrogen and oxygen atoms in total. The average Bonchev–Trinajstić information content (AvgIpc) is 3.48. The van der Waals surface area contributed by atoms with E-state index in [0.717, 1.165) is 50.8 Å². The van der Waals surface area contributed by atoms with Gasteiger partial charge in [-0.3, -0.25) is 0 Å². The summed E-state index contributed by atoms with van der Waals surface area (Å²) in [6.07, 6.45) is -4.46. The number of halogens is 3. The number of hydrogen-bond acceptors (Lipinski definition) is 4. The Labute approximate surface area is 279 Å². The third-order valence-electron chi connectivity index (χ3n) is 8.53. The largest absolute Gasteiger partial charge is 0.416 e. The maximum absolute atomic E-state index is 13.5. The van der Waals surface area contributed by atoms with Crippen molar-refractivity contribution < 1.29 is 13.2 Å². The summed E-state index contributed by atoms with van der Waals surface area (Å²) in [6.45, 7) is 0. The van der Waals surface area contributed by atoms with Crippen molar-refractivity contribution in [1.82, 2.24) is 19.5 Å². The molecule has 2 heterocycles.